The van der Waals surface area contributed by atoms with E-state index >= 15 is 0 Å². The van der Waals surface area contributed by atoms with Crippen LogP contribution in [0.2, 0.25) is 0 Å². The molecule has 8 nitrogen and oxygen atoms in total. The van der Waals surface area contributed by atoms with E-state index in [0.717, 1.165) is 34.0 Å². The molecule has 176 valence electrons. The van der Waals surface area contributed by atoms with E-state index < -0.39 is 10.3 Å². The molecule has 0 unspecified atom stereocenters. The molecule has 1 amide bonds. The van der Waals surface area contributed by atoms with Gasteiger partial charge in [-0.15, -0.1) is 11.3 Å². The number of hydrogen-bond donors (Lipinski definition) is 2. The Morgan fingerprint density at radius 3 is 2.55 bits per heavy atom. The van der Waals surface area contributed by atoms with Crippen LogP contribution >= 0.6 is 11.3 Å². The van der Waals surface area contributed by atoms with Crippen LogP contribution in [0.1, 0.15) is 41.2 Å². The summed E-state index contributed by atoms with van der Waals surface area (Å²) in [4.78, 5) is 17.4. The highest BCUT2D eigenvalue weighted by molar-refractivity contribution is 7.84. The van der Waals surface area contributed by atoms with E-state index in [9.17, 15) is 13.2 Å². The quantitative estimate of drug-likeness (QED) is 0.426. The Morgan fingerprint density at radius 2 is 1.91 bits per heavy atom. The number of hydrogen-bond acceptors (Lipinski definition) is 7. The maximum absolute atomic E-state index is 12.8. The molecule has 33 heavy (non-hydrogen) atoms. The second kappa shape index (κ2) is 11.3. The van der Waals surface area contributed by atoms with Gasteiger partial charge in [-0.1, -0.05) is 31.2 Å². The van der Waals surface area contributed by atoms with E-state index in [1.165, 1.54) is 23.5 Å². The summed E-state index contributed by atoms with van der Waals surface area (Å²) in [6, 6.07) is 13.9. The van der Waals surface area contributed by atoms with Crippen molar-refractivity contribution in [1.82, 2.24) is 10.3 Å². The standard InChI is InChI=1S/C23H27N3O5S2/c1-3-18-15-32-23(25-18)21(14-17-7-10-19(11-8-17)31-33(24,28)29)26-22(27)12-9-16-5-4-6-20(13-16)30-2/h4-8,10-11,13,15,21H,3,9,12,14H2,1-2H3,(H,26,27)(H2,24,28,29)/t21-/m0/s1. The number of carbonyl (C=O) groups excluding carboxylic acids is 1. The van der Waals surface area contributed by atoms with E-state index in [1.54, 1.807) is 19.2 Å². The number of methoxy groups -OCH3 is 1. The average Bonchev–Trinajstić information content (AvgIpc) is 3.27. The number of aromatic nitrogens is 1. The van der Waals surface area contributed by atoms with Crippen molar-refractivity contribution in [1.29, 1.82) is 0 Å². The summed E-state index contributed by atoms with van der Waals surface area (Å²) in [7, 11) is -2.47. The fourth-order valence-electron chi connectivity index (χ4n) is 3.25. The van der Waals surface area contributed by atoms with Crippen molar-refractivity contribution in [3.63, 3.8) is 0 Å². The number of nitrogens with two attached hydrogens (primary N) is 1. The minimum Gasteiger partial charge on any atom is -0.497 e. The Labute approximate surface area is 198 Å². The van der Waals surface area contributed by atoms with E-state index in [1.807, 2.05) is 36.6 Å². The van der Waals surface area contributed by atoms with Gasteiger partial charge in [0.15, 0.2) is 0 Å². The topological polar surface area (TPSA) is 121 Å². The molecule has 0 aliphatic heterocycles. The minimum atomic E-state index is -4.08. The number of benzene rings is 2. The van der Waals surface area contributed by atoms with Crippen molar-refractivity contribution < 1.29 is 22.1 Å². The van der Waals surface area contributed by atoms with Crippen LogP contribution < -0.4 is 19.4 Å². The third kappa shape index (κ3) is 7.85. The zero-order valence-electron chi connectivity index (χ0n) is 18.5. The maximum Gasteiger partial charge on any atom is 0.380 e. The van der Waals surface area contributed by atoms with Gasteiger partial charge >= 0.3 is 10.3 Å². The van der Waals surface area contributed by atoms with Crippen molar-refractivity contribution in [3.05, 3.63) is 75.7 Å². The molecule has 0 radical (unpaired) electrons. The molecule has 1 heterocycles. The number of nitrogens with one attached hydrogen (secondary N) is 1. The monoisotopic (exact) mass is 489 g/mol. The third-order valence-electron chi connectivity index (χ3n) is 4.92. The van der Waals surface area contributed by atoms with Crippen LogP contribution in [-0.4, -0.2) is 26.4 Å². The molecular formula is C23H27N3O5S2. The van der Waals surface area contributed by atoms with Crippen LogP contribution in [0.15, 0.2) is 53.9 Å². The Morgan fingerprint density at radius 1 is 1.15 bits per heavy atom. The van der Waals surface area contributed by atoms with E-state index in [4.69, 9.17) is 9.88 Å². The lowest BCUT2D eigenvalue weighted by Crippen LogP contribution is -2.30. The second-order valence-electron chi connectivity index (χ2n) is 7.43. The van der Waals surface area contributed by atoms with Crippen LogP contribution in [0, 0.1) is 0 Å². The number of ether oxygens (including phenoxy) is 1. The second-order valence-corrected chi connectivity index (χ2v) is 9.47. The van der Waals surface area contributed by atoms with Crippen LogP contribution in [0.3, 0.4) is 0 Å². The Balaban J connectivity index is 1.69. The van der Waals surface area contributed by atoms with Crippen LogP contribution in [0.25, 0.3) is 0 Å². The number of carbonyl (C=O) groups is 1. The Hall–Kier alpha value is -2.95. The fraction of sp³-hybridized carbons (Fsp3) is 0.304. The smallest absolute Gasteiger partial charge is 0.380 e. The molecule has 0 spiro atoms. The van der Waals surface area contributed by atoms with E-state index in [2.05, 4.69) is 14.5 Å². The molecular weight excluding hydrogens is 462 g/mol. The van der Waals surface area contributed by atoms with Gasteiger partial charge in [-0.05, 0) is 54.7 Å². The summed E-state index contributed by atoms with van der Waals surface area (Å²) in [6.45, 7) is 2.03. The van der Waals surface area contributed by atoms with Crippen molar-refractivity contribution in [2.75, 3.05) is 7.11 Å². The summed E-state index contributed by atoms with van der Waals surface area (Å²) >= 11 is 1.51. The van der Waals surface area contributed by atoms with Crippen LogP contribution in [0.4, 0.5) is 0 Å². The van der Waals surface area contributed by atoms with Gasteiger partial charge in [-0.25, -0.2) is 4.98 Å². The van der Waals surface area contributed by atoms with Crippen molar-refractivity contribution >= 4 is 27.5 Å². The van der Waals surface area contributed by atoms with Gasteiger partial charge in [0.1, 0.15) is 16.5 Å². The van der Waals surface area contributed by atoms with Crippen molar-refractivity contribution in [2.24, 2.45) is 5.14 Å². The van der Waals surface area contributed by atoms with Crippen LogP contribution in [-0.2, 0) is 34.4 Å². The SMILES string of the molecule is CCc1csc([C@H](Cc2ccc(OS(N)(=O)=O)cc2)NC(=O)CCc2cccc(OC)c2)n1. The zero-order valence-corrected chi connectivity index (χ0v) is 20.1. The number of thiazole rings is 1. The fourth-order valence-corrected chi connectivity index (χ4v) is 4.58. The minimum absolute atomic E-state index is 0.0785. The first kappa shape index (κ1) is 24.7. The maximum atomic E-state index is 12.8. The van der Waals surface area contributed by atoms with Crippen molar-refractivity contribution in [3.8, 4) is 11.5 Å². The Bertz CT molecular complexity index is 1180. The first-order valence-corrected chi connectivity index (χ1v) is 12.8. The number of nitrogens with zero attached hydrogens (tertiary/aromatic N) is 1. The van der Waals surface area contributed by atoms with Gasteiger partial charge in [0, 0.05) is 11.8 Å². The average molecular weight is 490 g/mol. The van der Waals surface area contributed by atoms with Crippen molar-refractivity contribution in [2.45, 2.75) is 38.6 Å². The summed E-state index contributed by atoms with van der Waals surface area (Å²) in [5, 5.41) is 10.8. The van der Waals surface area contributed by atoms with Gasteiger partial charge in [0.25, 0.3) is 0 Å². The normalized spacial score (nSPS) is 12.2. The highest BCUT2D eigenvalue weighted by Crippen LogP contribution is 2.24. The lowest BCUT2D eigenvalue weighted by atomic mass is 10.0. The predicted molar refractivity (Wildman–Crippen MR) is 128 cm³/mol. The molecule has 0 aliphatic carbocycles. The van der Waals surface area contributed by atoms with Crippen LogP contribution in [0.5, 0.6) is 11.5 Å². The van der Waals surface area contributed by atoms with E-state index in [-0.39, 0.29) is 17.7 Å². The molecule has 0 saturated heterocycles. The molecule has 0 fully saturated rings. The number of amides is 1. The first-order chi connectivity index (χ1) is 15.8. The van der Waals surface area contributed by atoms with Gasteiger partial charge in [0.2, 0.25) is 5.91 Å². The highest BCUT2D eigenvalue weighted by atomic mass is 32.2. The highest BCUT2D eigenvalue weighted by Gasteiger charge is 2.19. The predicted octanol–water partition coefficient (Wildman–Crippen LogP) is 3.33. The molecule has 3 N–H and O–H groups in total. The first-order valence-electron chi connectivity index (χ1n) is 10.4. The molecule has 3 aromatic rings. The molecule has 1 atom stereocenters. The summed E-state index contributed by atoms with van der Waals surface area (Å²) in [6.07, 6.45) is 2.23. The van der Waals surface area contributed by atoms with Gasteiger partial charge in [0.05, 0.1) is 18.8 Å². The largest absolute Gasteiger partial charge is 0.497 e. The zero-order chi connectivity index (χ0) is 23.8. The molecule has 3 rings (SSSR count). The molecule has 0 saturated carbocycles. The lowest BCUT2D eigenvalue weighted by molar-refractivity contribution is -0.121. The molecule has 2 aromatic carbocycles. The van der Waals surface area contributed by atoms with Gasteiger partial charge < -0.3 is 14.2 Å². The van der Waals surface area contributed by atoms with E-state index in [0.29, 0.717) is 19.3 Å². The summed E-state index contributed by atoms with van der Waals surface area (Å²) in [5.41, 5.74) is 2.89. The van der Waals surface area contributed by atoms with Gasteiger partial charge in [-0.3, -0.25) is 4.79 Å². The van der Waals surface area contributed by atoms with Gasteiger partial charge in [-0.2, -0.15) is 13.6 Å². The number of rotatable bonds is 11. The summed E-state index contributed by atoms with van der Waals surface area (Å²) in [5.74, 6) is 0.809. The molecule has 10 heteroatoms. The molecule has 0 aliphatic rings. The lowest BCUT2D eigenvalue weighted by Gasteiger charge is -2.17. The molecule has 1 aromatic heterocycles. The summed E-state index contributed by atoms with van der Waals surface area (Å²) < 4.78 is 32.1. The third-order valence-corrected chi connectivity index (χ3v) is 6.35. The number of aryl methyl sites for hydroxylation is 2. The Kier molecular flexibility index (Phi) is 8.43. The molecule has 0 bridgehead atoms.